The van der Waals surface area contributed by atoms with E-state index in [0.29, 0.717) is 17.4 Å². The maximum Gasteiger partial charge on any atom is 0.337 e. The topological polar surface area (TPSA) is 46.0 Å². The van der Waals surface area contributed by atoms with Gasteiger partial charge in [-0.1, -0.05) is 6.07 Å². The average Bonchev–Trinajstić information content (AvgIpc) is 2.63. The summed E-state index contributed by atoms with van der Waals surface area (Å²) in [6, 6.07) is 2.43. The molecule has 0 bridgehead atoms. The van der Waals surface area contributed by atoms with Crippen molar-refractivity contribution in [2.45, 2.75) is 26.8 Å². The maximum absolute atomic E-state index is 14.4. The number of nitrogens with zero attached hydrogens (tertiary/aromatic N) is 1. The van der Waals surface area contributed by atoms with Crippen molar-refractivity contribution in [3.05, 3.63) is 46.7 Å². The Morgan fingerprint density at radius 3 is 2.56 bits per heavy atom. The van der Waals surface area contributed by atoms with E-state index in [9.17, 15) is 13.6 Å². The number of rotatable bonds is 7. The van der Waals surface area contributed by atoms with Crippen molar-refractivity contribution in [3.8, 4) is 0 Å². The van der Waals surface area contributed by atoms with Crippen LogP contribution in [0.4, 0.5) is 8.78 Å². The van der Waals surface area contributed by atoms with Crippen LogP contribution in [0.15, 0.2) is 29.5 Å². The number of allylic oxidation sites excluding steroid dienone is 1. The summed E-state index contributed by atoms with van der Waals surface area (Å²) in [5.41, 5.74) is 1.03. The largest absolute Gasteiger partial charge is 0.466 e. The summed E-state index contributed by atoms with van der Waals surface area (Å²) in [7, 11) is 1.28. The van der Waals surface area contributed by atoms with E-state index in [0.717, 1.165) is 31.8 Å². The number of nitrogens with one attached hydrogen (secondary N) is 2. The Kier molecular flexibility index (Phi) is 7.26. The van der Waals surface area contributed by atoms with Gasteiger partial charge >= 0.3 is 5.97 Å². The monoisotopic (exact) mass is 398 g/mol. The second kappa shape index (κ2) is 9.23. The van der Waals surface area contributed by atoms with E-state index in [-0.39, 0.29) is 11.1 Å². The molecule has 8 heteroatoms. The van der Waals surface area contributed by atoms with Crippen LogP contribution in [0.5, 0.6) is 0 Å². The predicted octanol–water partition coefficient (Wildman–Crippen LogP) is 1.57. The van der Waals surface area contributed by atoms with Gasteiger partial charge in [-0.05, 0) is 39.1 Å². The number of carbonyl (C=O) groups excluding carboxylic acids is 1. The zero-order valence-electron chi connectivity index (χ0n) is 16.1. The predicted molar refractivity (Wildman–Crippen MR) is 103 cm³/mol. The minimum absolute atomic E-state index is 0.146. The number of hydrogen-bond donors (Lipinski definition) is 2. The number of thiocarbonyl (C=S) groups is 1. The Morgan fingerprint density at radius 2 is 2.00 bits per heavy atom. The first kappa shape index (κ1) is 21.2. The molecule has 5 nitrogen and oxygen atoms in total. The highest BCUT2D eigenvalue weighted by Crippen LogP contribution is 2.32. The fraction of sp³-hybridized carbons (Fsp3) is 0.474. The van der Waals surface area contributed by atoms with Gasteiger partial charge in [0, 0.05) is 17.3 Å². The summed E-state index contributed by atoms with van der Waals surface area (Å²) in [5.74, 6) is -2.00. The van der Waals surface area contributed by atoms with Gasteiger partial charge in [-0.15, -0.1) is 0 Å². The lowest BCUT2D eigenvalue weighted by atomic mass is 9.94. The van der Waals surface area contributed by atoms with Crippen molar-refractivity contribution in [2.24, 2.45) is 0 Å². The Bertz CT molecular complexity index is 750. The van der Waals surface area contributed by atoms with E-state index in [1.54, 1.807) is 6.92 Å². The Balaban J connectivity index is 2.43. The molecule has 2 rings (SSSR count). The molecule has 0 saturated carbocycles. The molecular weight excluding hydrogens is 372 g/mol. The number of quaternary nitrogens is 1. The quantitative estimate of drug-likeness (QED) is 0.539. The molecule has 1 atom stereocenters. The molecule has 1 aliphatic heterocycles. The van der Waals surface area contributed by atoms with Gasteiger partial charge in [0.15, 0.2) is 5.11 Å². The Hall–Kier alpha value is -2.06. The maximum atomic E-state index is 14.4. The molecular formula is C19H26F2N3O2S+. The van der Waals surface area contributed by atoms with Gasteiger partial charge in [0.2, 0.25) is 0 Å². The SMILES string of the molecule is CC[NH+](CC)CCN1C(=S)N[C@@H](c2ccc(F)cc2F)C(C(=O)OC)=C1C. The fourth-order valence-electron chi connectivity index (χ4n) is 3.27. The van der Waals surface area contributed by atoms with Crippen molar-refractivity contribution in [2.75, 3.05) is 33.3 Å². The highest BCUT2D eigenvalue weighted by molar-refractivity contribution is 7.80. The first-order valence-corrected chi connectivity index (χ1v) is 9.40. The molecule has 0 aliphatic carbocycles. The fourth-order valence-corrected chi connectivity index (χ4v) is 3.61. The highest BCUT2D eigenvalue weighted by atomic mass is 32.1. The summed E-state index contributed by atoms with van der Waals surface area (Å²) >= 11 is 5.47. The van der Waals surface area contributed by atoms with E-state index in [1.165, 1.54) is 18.1 Å². The third-order valence-electron chi connectivity index (χ3n) is 4.96. The van der Waals surface area contributed by atoms with Gasteiger partial charge in [0.25, 0.3) is 0 Å². The number of likely N-dealkylation sites (N-methyl/N-ethyl adjacent to an activating group) is 1. The normalized spacial score (nSPS) is 17.4. The number of methoxy groups -OCH3 is 1. The Labute approximate surface area is 164 Å². The van der Waals surface area contributed by atoms with Crippen LogP contribution in [-0.2, 0) is 9.53 Å². The zero-order valence-corrected chi connectivity index (χ0v) is 16.9. The van der Waals surface area contributed by atoms with Gasteiger partial charge in [-0.3, -0.25) is 0 Å². The number of ether oxygens (including phenoxy) is 1. The molecule has 0 spiro atoms. The first-order chi connectivity index (χ1) is 12.8. The van der Waals surface area contributed by atoms with Crippen LogP contribution in [0, 0.1) is 11.6 Å². The van der Waals surface area contributed by atoms with E-state index >= 15 is 0 Å². The molecule has 1 aromatic rings. The van der Waals surface area contributed by atoms with Crippen LogP contribution in [-0.4, -0.2) is 49.3 Å². The smallest absolute Gasteiger partial charge is 0.337 e. The van der Waals surface area contributed by atoms with Gasteiger partial charge in [-0.25, -0.2) is 13.6 Å². The van der Waals surface area contributed by atoms with Crippen LogP contribution < -0.4 is 10.2 Å². The molecule has 2 N–H and O–H groups in total. The lowest BCUT2D eigenvalue weighted by Gasteiger charge is -2.37. The summed E-state index contributed by atoms with van der Waals surface area (Å²) in [6.07, 6.45) is 0. The van der Waals surface area contributed by atoms with Gasteiger partial charge in [0.05, 0.1) is 44.9 Å². The number of hydrogen-bond acceptors (Lipinski definition) is 3. The number of esters is 1. The van der Waals surface area contributed by atoms with Crippen molar-refractivity contribution in [1.29, 1.82) is 0 Å². The van der Waals surface area contributed by atoms with E-state index in [2.05, 4.69) is 19.2 Å². The summed E-state index contributed by atoms with van der Waals surface area (Å²) < 4.78 is 32.6. The standard InChI is InChI=1S/C19H25F2N3O2S/c1-5-23(6-2)9-10-24-12(3)16(18(25)26-4)17(22-19(24)27)14-8-7-13(20)11-15(14)21/h7-8,11,17H,5-6,9-10H2,1-4H3,(H,22,27)/p+1/t17-/m0/s1. The number of benzene rings is 1. The first-order valence-electron chi connectivity index (χ1n) is 8.99. The van der Waals surface area contributed by atoms with Crippen LogP contribution in [0.25, 0.3) is 0 Å². The summed E-state index contributed by atoms with van der Waals surface area (Å²) in [6.45, 7) is 9.43. The van der Waals surface area contributed by atoms with E-state index in [1.807, 2.05) is 4.90 Å². The second-order valence-corrected chi connectivity index (χ2v) is 6.78. The van der Waals surface area contributed by atoms with Crippen molar-refractivity contribution in [3.63, 3.8) is 0 Å². The summed E-state index contributed by atoms with van der Waals surface area (Å²) in [4.78, 5) is 15.7. The minimum Gasteiger partial charge on any atom is -0.466 e. The summed E-state index contributed by atoms with van der Waals surface area (Å²) in [5, 5.41) is 3.43. The molecule has 1 heterocycles. The third kappa shape index (κ3) is 4.62. The second-order valence-electron chi connectivity index (χ2n) is 6.40. The highest BCUT2D eigenvalue weighted by Gasteiger charge is 2.36. The molecule has 0 saturated heterocycles. The van der Waals surface area contributed by atoms with Gasteiger partial charge in [-0.2, -0.15) is 0 Å². The number of halogens is 2. The van der Waals surface area contributed by atoms with Crippen molar-refractivity contribution < 1.29 is 23.2 Å². The van der Waals surface area contributed by atoms with Crippen molar-refractivity contribution >= 4 is 23.3 Å². The van der Waals surface area contributed by atoms with Crippen molar-refractivity contribution in [1.82, 2.24) is 10.2 Å². The molecule has 0 fully saturated rings. The lowest BCUT2D eigenvalue weighted by Crippen LogP contribution is -3.12. The third-order valence-corrected chi connectivity index (χ3v) is 5.30. The van der Waals surface area contributed by atoms with Crippen LogP contribution in [0.3, 0.4) is 0 Å². The minimum atomic E-state index is -0.831. The molecule has 148 valence electrons. The lowest BCUT2D eigenvalue weighted by molar-refractivity contribution is -0.895. The van der Waals surface area contributed by atoms with Gasteiger partial charge in [0.1, 0.15) is 11.6 Å². The molecule has 1 aliphatic rings. The number of carbonyl (C=O) groups is 1. The van der Waals surface area contributed by atoms with Crippen LogP contribution in [0.2, 0.25) is 0 Å². The average molecular weight is 398 g/mol. The molecule has 1 aromatic carbocycles. The zero-order chi connectivity index (χ0) is 20.1. The Morgan fingerprint density at radius 1 is 1.33 bits per heavy atom. The molecule has 0 amide bonds. The molecule has 0 radical (unpaired) electrons. The van der Waals surface area contributed by atoms with E-state index in [4.69, 9.17) is 17.0 Å². The van der Waals surface area contributed by atoms with Crippen LogP contribution in [0.1, 0.15) is 32.4 Å². The molecule has 0 unspecified atom stereocenters. The molecule has 27 heavy (non-hydrogen) atoms. The van der Waals surface area contributed by atoms with Crippen LogP contribution >= 0.6 is 12.2 Å². The molecule has 0 aromatic heterocycles. The van der Waals surface area contributed by atoms with Gasteiger partial charge < -0.3 is 19.9 Å². The van der Waals surface area contributed by atoms with E-state index < -0.39 is 23.6 Å².